The predicted molar refractivity (Wildman–Crippen MR) is 137 cm³/mol. The van der Waals surface area contributed by atoms with Gasteiger partial charge in [0.15, 0.2) is 6.10 Å². The highest BCUT2D eigenvalue weighted by molar-refractivity contribution is 6.28. The Labute approximate surface area is 212 Å². The quantitative estimate of drug-likeness (QED) is 0.222. The minimum absolute atomic E-state index is 0.108. The molecule has 3 atom stereocenters. The number of amides is 2. The molecular weight excluding hydrogens is 470 g/mol. The molecular formula is C29H21N3O5. The zero-order valence-corrected chi connectivity index (χ0v) is 19.5. The zero-order valence-electron chi connectivity index (χ0n) is 19.5. The highest BCUT2D eigenvalue weighted by atomic mass is 16.7. The van der Waals surface area contributed by atoms with Gasteiger partial charge in [0.2, 0.25) is 5.91 Å². The molecule has 2 aliphatic rings. The van der Waals surface area contributed by atoms with E-state index in [-0.39, 0.29) is 5.69 Å². The maximum Gasteiger partial charge on any atom is 0.269 e. The van der Waals surface area contributed by atoms with Crippen molar-refractivity contribution in [1.82, 2.24) is 0 Å². The van der Waals surface area contributed by atoms with Crippen LogP contribution >= 0.6 is 0 Å². The van der Waals surface area contributed by atoms with Gasteiger partial charge in [-0.25, -0.2) is 9.96 Å². The van der Waals surface area contributed by atoms with Crippen molar-refractivity contribution in [2.75, 3.05) is 9.96 Å². The largest absolute Gasteiger partial charge is 0.273 e. The number of benzene rings is 4. The SMILES string of the molecule is O=C1[C@H]2ON(c3ccccc3)[C@@H](c3ccccc3)[C@]2(c2ccc([N+](=O)[O-])cc2)C(=O)N1c1ccccc1. The van der Waals surface area contributed by atoms with Crippen molar-refractivity contribution >= 4 is 28.9 Å². The fourth-order valence-corrected chi connectivity index (χ4v) is 5.39. The summed E-state index contributed by atoms with van der Waals surface area (Å²) < 4.78 is 0. The van der Waals surface area contributed by atoms with E-state index in [2.05, 4.69) is 0 Å². The van der Waals surface area contributed by atoms with Crippen molar-refractivity contribution < 1.29 is 19.3 Å². The van der Waals surface area contributed by atoms with E-state index in [1.807, 2.05) is 66.7 Å². The Kier molecular flexibility index (Phi) is 5.31. The van der Waals surface area contributed by atoms with Crippen LogP contribution in [0.2, 0.25) is 0 Å². The van der Waals surface area contributed by atoms with E-state index in [1.165, 1.54) is 17.0 Å². The Bertz CT molecular complexity index is 1480. The summed E-state index contributed by atoms with van der Waals surface area (Å²) in [7, 11) is 0. The van der Waals surface area contributed by atoms with Crippen molar-refractivity contribution in [1.29, 1.82) is 0 Å². The van der Waals surface area contributed by atoms with Crippen molar-refractivity contribution in [2.24, 2.45) is 0 Å². The first kappa shape index (κ1) is 22.6. The van der Waals surface area contributed by atoms with Gasteiger partial charge in [0, 0.05) is 12.1 Å². The number of carbonyl (C=O) groups excluding carboxylic acids is 2. The zero-order chi connectivity index (χ0) is 25.6. The maximum atomic E-state index is 14.6. The molecule has 2 heterocycles. The number of nitro benzene ring substituents is 1. The lowest BCUT2D eigenvalue weighted by Crippen LogP contribution is -2.46. The van der Waals surface area contributed by atoms with Crippen molar-refractivity contribution in [3.8, 4) is 0 Å². The monoisotopic (exact) mass is 491 g/mol. The molecule has 4 aromatic rings. The van der Waals surface area contributed by atoms with E-state index in [0.29, 0.717) is 16.9 Å². The lowest BCUT2D eigenvalue weighted by Gasteiger charge is -2.35. The van der Waals surface area contributed by atoms with Crippen LogP contribution in [0, 0.1) is 10.1 Å². The molecule has 0 unspecified atom stereocenters. The van der Waals surface area contributed by atoms with Gasteiger partial charge < -0.3 is 0 Å². The summed E-state index contributed by atoms with van der Waals surface area (Å²) >= 11 is 0. The van der Waals surface area contributed by atoms with E-state index in [4.69, 9.17) is 4.84 Å². The lowest BCUT2D eigenvalue weighted by molar-refractivity contribution is -0.384. The standard InChI is InChI=1S/C29H21N3O5/c33-27-26-29(21-16-18-24(19-17-21)32(35)36,28(34)30(27)22-12-6-2-7-13-22)25(20-10-4-1-5-11-20)31(37-26)23-14-8-3-9-15-23/h1-19,25-26H/t25-,26+,29-/m0/s1. The Balaban J connectivity index is 1.62. The molecule has 0 saturated carbocycles. The number of para-hydroxylation sites is 2. The third-order valence-corrected chi connectivity index (χ3v) is 7.00. The van der Waals surface area contributed by atoms with Gasteiger partial charge in [-0.15, -0.1) is 0 Å². The number of rotatable bonds is 5. The highest BCUT2D eigenvalue weighted by Crippen LogP contribution is 2.57. The lowest BCUT2D eigenvalue weighted by atomic mass is 9.69. The number of fused-ring (bicyclic) bond motifs is 1. The van der Waals surface area contributed by atoms with Crippen LogP contribution in [-0.2, 0) is 19.8 Å². The third-order valence-electron chi connectivity index (χ3n) is 7.00. The highest BCUT2D eigenvalue weighted by Gasteiger charge is 2.72. The second-order valence-electron chi connectivity index (χ2n) is 8.95. The van der Waals surface area contributed by atoms with Gasteiger partial charge in [0.1, 0.15) is 11.5 Å². The molecule has 0 spiro atoms. The molecule has 2 amide bonds. The average molecular weight is 492 g/mol. The number of nitro groups is 1. The number of hydrogen-bond acceptors (Lipinski definition) is 6. The molecule has 2 saturated heterocycles. The van der Waals surface area contributed by atoms with E-state index in [1.54, 1.807) is 41.5 Å². The number of carbonyl (C=O) groups is 2. The summed E-state index contributed by atoms with van der Waals surface area (Å²) in [6.07, 6.45) is -1.19. The van der Waals surface area contributed by atoms with Crippen LogP contribution < -0.4 is 9.96 Å². The van der Waals surface area contributed by atoms with Gasteiger partial charge in [-0.3, -0.25) is 24.5 Å². The summed E-state index contributed by atoms with van der Waals surface area (Å²) in [5, 5.41) is 13.0. The van der Waals surface area contributed by atoms with Crippen molar-refractivity contribution in [2.45, 2.75) is 17.6 Å². The molecule has 6 rings (SSSR count). The van der Waals surface area contributed by atoms with Crippen molar-refractivity contribution in [3.63, 3.8) is 0 Å². The van der Waals surface area contributed by atoms with Gasteiger partial charge in [0.05, 0.1) is 16.3 Å². The van der Waals surface area contributed by atoms with E-state index < -0.39 is 34.3 Å². The van der Waals surface area contributed by atoms with Crippen LogP contribution in [0.3, 0.4) is 0 Å². The number of imide groups is 1. The second-order valence-corrected chi connectivity index (χ2v) is 8.95. The fraction of sp³-hybridized carbons (Fsp3) is 0.103. The van der Waals surface area contributed by atoms with E-state index in [0.717, 1.165) is 5.56 Å². The first-order chi connectivity index (χ1) is 18.0. The Morgan fingerprint density at radius 2 is 1.27 bits per heavy atom. The minimum atomic E-state index is -1.50. The summed E-state index contributed by atoms with van der Waals surface area (Å²) in [6.45, 7) is 0. The van der Waals surface area contributed by atoms with Gasteiger partial charge in [-0.05, 0) is 35.4 Å². The smallest absolute Gasteiger partial charge is 0.269 e. The normalized spacial score (nSPS) is 22.8. The molecule has 0 N–H and O–H groups in total. The summed E-state index contributed by atoms with van der Waals surface area (Å²) in [6, 6.07) is 32.5. The van der Waals surface area contributed by atoms with E-state index in [9.17, 15) is 19.7 Å². The Hall–Kier alpha value is -4.82. The number of hydrogen-bond donors (Lipinski definition) is 0. The number of anilines is 2. The van der Waals surface area contributed by atoms with Crippen LogP contribution in [0.4, 0.5) is 17.1 Å². The van der Waals surface area contributed by atoms with Crippen LogP contribution in [0.5, 0.6) is 0 Å². The van der Waals surface area contributed by atoms with Gasteiger partial charge in [-0.2, -0.15) is 0 Å². The Morgan fingerprint density at radius 1 is 0.730 bits per heavy atom. The minimum Gasteiger partial charge on any atom is -0.273 e. The molecule has 8 heteroatoms. The molecule has 4 aromatic carbocycles. The molecule has 0 radical (unpaired) electrons. The Morgan fingerprint density at radius 3 is 1.84 bits per heavy atom. The van der Waals surface area contributed by atoms with Gasteiger partial charge in [-0.1, -0.05) is 78.9 Å². The summed E-state index contributed by atoms with van der Waals surface area (Å²) in [5.41, 5.74) is 0.742. The summed E-state index contributed by atoms with van der Waals surface area (Å²) in [5.74, 6) is -0.941. The van der Waals surface area contributed by atoms with Crippen molar-refractivity contribution in [3.05, 3.63) is 137 Å². The van der Waals surface area contributed by atoms with Gasteiger partial charge >= 0.3 is 0 Å². The second kappa shape index (κ2) is 8.69. The van der Waals surface area contributed by atoms with Gasteiger partial charge in [0.25, 0.3) is 11.6 Å². The molecule has 182 valence electrons. The molecule has 0 bridgehead atoms. The predicted octanol–water partition coefficient (Wildman–Crippen LogP) is 4.97. The van der Waals surface area contributed by atoms with Crippen LogP contribution in [0.1, 0.15) is 17.2 Å². The fourth-order valence-electron chi connectivity index (χ4n) is 5.39. The molecule has 0 aliphatic carbocycles. The first-order valence-corrected chi connectivity index (χ1v) is 11.8. The maximum absolute atomic E-state index is 14.6. The average Bonchev–Trinajstić information content (AvgIpc) is 3.41. The molecule has 2 fully saturated rings. The summed E-state index contributed by atoms with van der Waals surface area (Å²) in [4.78, 5) is 47.0. The van der Waals surface area contributed by atoms with E-state index >= 15 is 0 Å². The first-order valence-electron chi connectivity index (χ1n) is 11.8. The molecule has 2 aliphatic heterocycles. The van der Waals surface area contributed by atoms with Crippen LogP contribution in [-0.4, -0.2) is 22.8 Å². The van der Waals surface area contributed by atoms with Crippen LogP contribution in [0.15, 0.2) is 115 Å². The topological polar surface area (TPSA) is 93.0 Å². The third kappa shape index (κ3) is 3.34. The number of nitrogens with zero attached hydrogens (tertiary/aromatic N) is 3. The molecule has 0 aromatic heterocycles. The number of hydroxylamine groups is 1. The molecule has 37 heavy (non-hydrogen) atoms. The number of non-ortho nitro benzene ring substituents is 1. The molecule has 8 nitrogen and oxygen atoms in total. The van der Waals surface area contributed by atoms with Crippen LogP contribution in [0.25, 0.3) is 0 Å².